The number of hydrogen-bond donors (Lipinski definition) is 2. The lowest BCUT2D eigenvalue weighted by atomic mass is 10.1. The summed E-state index contributed by atoms with van der Waals surface area (Å²) in [5, 5.41) is 4.33. The molecule has 0 fully saturated rings. The SMILES string of the molecule is CNC(=O)NC(=O)[C@H](OC(=O)CSc1ccccc1F)c1ccccc1. The molecule has 0 aliphatic carbocycles. The predicted molar refractivity (Wildman–Crippen MR) is 95.0 cm³/mol. The van der Waals surface area contributed by atoms with Gasteiger partial charge in [-0.25, -0.2) is 9.18 Å². The highest BCUT2D eigenvalue weighted by Crippen LogP contribution is 2.23. The van der Waals surface area contributed by atoms with Gasteiger partial charge in [0, 0.05) is 17.5 Å². The van der Waals surface area contributed by atoms with Crippen molar-refractivity contribution in [2.45, 2.75) is 11.0 Å². The molecule has 0 radical (unpaired) electrons. The van der Waals surface area contributed by atoms with E-state index in [0.717, 1.165) is 11.8 Å². The molecule has 0 aromatic heterocycles. The molecule has 0 bridgehead atoms. The van der Waals surface area contributed by atoms with Crippen LogP contribution < -0.4 is 10.6 Å². The van der Waals surface area contributed by atoms with Gasteiger partial charge in [-0.3, -0.25) is 14.9 Å². The summed E-state index contributed by atoms with van der Waals surface area (Å²) >= 11 is 0.962. The molecule has 0 spiro atoms. The Bertz CT molecular complexity index is 786. The molecule has 2 aromatic rings. The van der Waals surface area contributed by atoms with Crippen molar-refractivity contribution in [3.05, 3.63) is 66.0 Å². The van der Waals surface area contributed by atoms with Crippen LogP contribution in [0.1, 0.15) is 11.7 Å². The molecule has 0 unspecified atom stereocenters. The Morgan fingerprint density at radius 1 is 1.08 bits per heavy atom. The van der Waals surface area contributed by atoms with Crippen molar-refractivity contribution >= 4 is 29.7 Å². The minimum atomic E-state index is -1.29. The number of ether oxygens (including phenoxy) is 1. The molecule has 2 aromatic carbocycles. The third-order valence-corrected chi connectivity index (χ3v) is 4.26. The zero-order valence-corrected chi connectivity index (χ0v) is 14.7. The lowest BCUT2D eigenvalue weighted by molar-refractivity contribution is -0.153. The van der Waals surface area contributed by atoms with E-state index in [2.05, 4.69) is 10.6 Å². The number of carbonyl (C=O) groups is 3. The molecule has 0 heterocycles. The van der Waals surface area contributed by atoms with Gasteiger partial charge >= 0.3 is 12.0 Å². The number of carbonyl (C=O) groups excluding carboxylic acids is 3. The van der Waals surface area contributed by atoms with Gasteiger partial charge in [0.25, 0.3) is 5.91 Å². The van der Waals surface area contributed by atoms with Crippen LogP contribution in [0.15, 0.2) is 59.5 Å². The van der Waals surface area contributed by atoms with Gasteiger partial charge in [-0.1, -0.05) is 42.5 Å². The number of amides is 3. The van der Waals surface area contributed by atoms with E-state index in [1.807, 2.05) is 0 Å². The first kappa shape index (κ1) is 19.5. The van der Waals surface area contributed by atoms with Gasteiger partial charge in [0.15, 0.2) is 0 Å². The van der Waals surface area contributed by atoms with E-state index >= 15 is 0 Å². The van der Waals surface area contributed by atoms with Gasteiger partial charge in [-0.05, 0) is 12.1 Å². The first-order valence-corrected chi connectivity index (χ1v) is 8.64. The molecular formula is C18H17FN2O4S. The maximum Gasteiger partial charge on any atom is 0.321 e. The summed E-state index contributed by atoms with van der Waals surface area (Å²) in [7, 11) is 1.36. The first-order valence-electron chi connectivity index (χ1n) is 7.65. The highest BCUT2D eigenvalue weighted by molar-refractivity contribution is 8.00. The topological polar surface area (TPSA) is 84.5 Å². The Kier molecular flexibility index (Phi) is 7.16. The first-order chi connectivity index (χ1) is 12.5. The molecule has 0 aliphatic rings. The molecule has 6 nitrogen and oxygen atoms in total. The quantitative estimate of drug-likeness (QED) is 0.598. The van der Waals surface area contributed by atoms with Crippen molar-refractivity contribution in [3.8, 4) is 0 Å². The molecule has 0 saturated carbocycles. The van der Waals surface area contributed by atoms with Gasteiger partial charge in [0.2, 0.25) is 6.10 Å². The van der Waals surface area contributed by atoms with Gasteiger partial charge in [-0.15, -0.1) is 11.8 Å². The normalized spacial score (nSPS) is 11.3. The van der Waals surface area contributed by atoms with Crippen LogP contribution in [-0.2, 0) is 14.3 Å². The Balaban J connectivity index is 2.06. The van der Waals surface area contributed by atoms with Crippen LogP contribution in [-0.4, -0.2) is 30.7 Å². The number of halogens is 1. The molecule has 8 heteroatoms. The average Bonchev–Trinajstić information content (AvgIpc) is 2.66. The number of benzene rings is 2. The molecule has 1 atom stereocenters. The van der Waals surface area contributed by atoms with Crippen LogP contribution in [0, 0.1) is 5.82 Å². The fraction of sp³-hybridized carbons (Fsp3) is 0.167. The van der Waals surface area contributed by atoms with E-state index in [-0.39, 0.29) is 5.75 Å². The highest BCUT2D eigenvalue weighted by atomic mass is 32.2. The Morgan fingerprint density at radius 3 is 2.38 bits per heavy atom. The van der Waals surface area contributed by atoms with Crippen molar-refractivity contribution in [1.29, 1.82) is 0 Å². The number of imide groups is 1. The van der Waals surface area contributed by atoms with Gasteiger partial charge in [0.1, 0.15) is 5.82 Å². The van der Waals surface area contributed by atoms with Crippen molar-refractivity contribution in [2.75, 3.05) is 12.8 Å². The third-order valence-electron chi connectivity index (χ3n) is 3.24. The second kappa shape index (κ2) is 9.57. The largest absolute Gasteiger partial charge is 0.447 e. The Hall–Kier alpha value is -2.87. The summed E-state index contributed by atoms with van der Waals surface area (Å²) in [4.78, 5) is 36.1. The lowest BCUT2D eigenvalue weighted by Gasteiger charge is -2.17. The van der Waals surface area contributed by atoms with E-state index in [0.29, 0.717) is 10.5 Å². The fourth-order valence-corrected chi connectivity index (χ4v) is 2.73. The van der Waals surface area contributed by atoms with E-state index < -0.39 is 29.8 Å². The van der Waals surface area contributed by atoms with Gasteiger partial charge in [0.05, 0.1) is 5.75 Å². The molecule has 2 N–H and O–H groups in total. The summed E-state index contributed by atoms with van der Waals surface area (Å²) in [6.07, 6.45) is -1.29. The van der Waals surface area contributed by atoms with E-state index in [1.165, 1.54) is 13.1 Å². The van der Waals surface area contributed by atoms with Crippen LogP contribution in [0.25, 0.3) is 0 Å². The van der Waals surface area contributed by atoms with Crippen molar-refractivity contribution in [3.63, 3.8) is 0 Å². The smallest absolute Gasteiger partial charge is 0.321 e. The number of esters is 1. The number of rotatable bonds is 6. The minimum absolute atomic E-state index is 0.183. The lowest BCUT2D eigenvalue weighted by Crippen LogP contribution is -2.41. The minimum Gasteiger partial charge on any atom is -0.447 e. The van der Waals surface area contributed by atoms with E-state index in [1.54, 1.807) is 48.5 Å². The summed E-state index contributed by atoms with van der Waals surface area (Å²) < 4.78 is 18.8. The molecular weight excluding hydrogens is 359 g/mol. The van der Waals surface area contributed by atoms with Crippen LogP contribution >= 0.6 is 11.8 Å². The Morgan fingerprint density at radius 2 is 1.73 bits per heavy atom. The fourth-order valence-electron chi connectivity index (χ4n) is 2.00. The van der Waals surface area contributed by atoms with Crippen molar-refractivity contribution in [2.24, 2.45) is 0 Å². The van der Waals surface area contributed by atoms with E-state index in [9.17, 15) is 18.8 Å². The summed E-state index contributed by atoms with van der Waals surface area (Å²) in [6, 6.07) is 13.6. The Labute approximate surface area is 154 Å². The molecule has 136 valence electrons. The molecule has 26 heavy (non-hydrogen) atoms. The summed E-state index contributed by atoms with van der Waals surface area (Å²) in [5.74, 6) is -2.11. The second-order valence-electron chi connectivity index (χ2n) is 5.07. The van der Waals surface area contributed by atoms with Gasteiger partial charge in [-0.2, -0.15) is 0 Å². The summed E-state index contributed by atoms with van der Waals surface area (Å²) in [6.45, 7) is 0. The van der Waals surface area contributed by atoms with Gasteiger partial charge < -0.3 is 10.1 Å². The zero-order chi connectivity index (χ0) is 18.9. The summed E-state index contributed by atoms with van der Waals surface area (Å²) in [5.41, 5.74) is 0.415. The second-order valence-corrected chi connectivity index (χ2v) is 6.09. The molecule has 3 amide bonds. The third kappa shape index (κ3) is 5.59. The number of nitrogens with one attached hydrogen (secondary N) is 2. The standard InChI is InChI=1S/C18H17FN2O4S/c1-20-18(24)21-17(23)16(12-7-3-2-4-8-12)25-15(22)11-26-14-10-6-5-9-13(14)19/h2-10,16H,11H2,1H3,(H2,20,21,23,24)/t16-/m1/s1. The predicted octanol–water partition coefficient (Wildman–Crippen LogP) is 2.66. The highest BCUT2D eigenvalue weighted by Gasteiger charge is 2.26. The van der Waals surface area contributed by atoms with Crippen LogP contribution in [0.3, 0.4) is 0 Å². The number of hydrogen-bond acceptors (Lipinski definition) is 5. The maximum absolute atomic E-state index is 13.6. The van der Waals surface area contributed by atoms with Crippen LogP contribution in [0.5, 0.6) is 0 Å². The number of thioether (sulfide) groups is 1. The van der Waals surface area contributed by atoms with Crippen molar-refractivity contribution < 1.29 is 23.5 Å². The monoisotopic (exact) mass is 376 g/mol. The maximum atomic E-state index is 13.6. The zero-order valence-electron chi connectivity index (χ0n) is 13.9. The molecule has 0 saturated heterocycles. The molecule has 2 rings (SSSR count). The number of urea groups is 1. The molecule has 0 aliphatic heterocycles. The van der Waals surface area contributed by atoms with E-state index in [4.69, 9.17) is 4.74 Å². The van der Waals surface area contributed by atoms with Crippen LogP contribution in [0.4, 0.5) is 9.18 Å². The average molecular weight is 376 g/mol. The van der Waals surface area contributed by atoms with Crippen LogP contribution in [0.2, 0.25) is 0 Å². The van der Waals surface area contributed by atoms with Crippen molar-refractivity contribution in [1.82, 2.24) is 10.6 Å².